The summed E-state index contributed by atoms with van der Waals surface area (Å²) in [6, 6.07) is 6.59. The summed E-state index contributed by atoms with van der Waals surface area (Å²) in [5, 5.41) is 6.69. The first-order valence-electron chi connectivity index (χ1n) is 9.45. The second-order valence-corrected chi connectivity index (χ2v) is 7.69. The summed E-state index contributed by atoms with van der Waals surface area (Å²) in [7, 11) is 1.78. The van der Waals surface area contributed by atoms with E-state index in [2.05, 4.69) is 15.0 Å². The molecular formula is C20H25FN4O2S. The van der Waals surface area contributed by atoms with Gasteiger partial charge >= 0.3 is 0 Å². The summed E-state index contributed by atoms with van der Waals surface area (Å²) < 4.78 is 17.9. The second-order valence-electron chi connectivity index (χ2n) is 6.92. The number of halogens is 1. The Morgan fingerprint density at radius 1 is 1.29 bits per heavy atom. The van der Waals surface area contributed by atoms with Crippen molar-refractivity contribution >= 4 is 28.3 Å². The van der Waals surface area contributed by atoms with Gasteiger partial charge in [0.05, 0.1) is 11.3 Å². The van der Waals surface area contributed by atoms with Crippen LogP contribution in [0.5, 0.6) is 0 Å². The number of carbonyl (C=O) groups excluding carboxylic acids is 2. The molecule has 1 aromatic carbocycles. The smallest absolute Gasteiger partial charge is 0.258 e. The summed E-state index contributed by atoms with van der Waals surface area (Å²) in [6.45, 7) is 3.33. The number of hydrogen-bond acceptors (Lipinski definition) is 5. The highest BCUT2D eigenvalue weighted by Gasteiger charge is 2.30. The fraction of sp³-hybridized carbons (Fsp3) is 0.450. The van der Waals surface area contributed by atoms with Crippen LogP contribution in [0.4, 0.5) is 9.39 Å². The first kappa shape index (κ1) is 20.3. The number of nitrogens with zero attached hydrogens (tertiary/aromatic N) is 2. The van der Waals surface area contributed by atoms with Crippen LogP contribution in [0.25, 0.3) is 0 Å². The van der Waals surface area contributed by atoms with Gasteiger partial charge in [0, 0.05) is 32.6 Å². The number of amides is 2. The van der Waals surface area contributed by atoms with Crippen molar-refractivity contribution < 1.29 is 14.0 Å². The van der Waals surface area contributed by atoms with Crippen molar-refractivity contribution in [3.8, 4) is 0 Å². The molecular weight excluding hydrogens is 379 g/mol. The minimum atomic E-state index is -0.247. The van der Waals surface area contributed by atoms with Gasteiger partial charge in [-0.15, -0.1) is 0 Å². The average molecular weight is 405 g/mol. The van der Waals surface area contributed by atoms with E-state index >= 15 is 0 Å². The van der Waals surface area contributed by atoms with E-state index in [1.807, 2.05) is 6.92 Å². The Bertz CT molecular complexity index is 846. The molecule has 150 valence electrons. The fourth-order valence-electron chi connectivity index (χ4n) is 3.46. The molecule has 2 N–H and O–H groups in total. The fourth-order valence-corrected chi connectivity index (χ4v) is 4.20. The maximum Gasteiger partial charge on any atom is 0.258 e. The van der Waals surface area contributed by atoms with Crippen LogP contribution in [-0.4, -0.2) is 47.8 Å². The van der Waals surface area contributed by atoms with Crippen LogP contribution >= 0.6 is 11.5 Å². The quantitative estimate of drug-likeness (QED) is 0.776. The molecule has 3 rings (SSSR count). The van der Waals surface area contributed by atoms with E-state index in [1.165, 1.54) is 17.6 Å². The highest BCUT2D eigenvalue weighted by Crippen LogP contribution is 2.27. The van der Waals surface area contributed by atoms with Gasteiger partial charge in [0.15, 0.2) is 0 Å². The molecule has 0 unspecified atom stereocenters. The van der Waals surface area contributed by atoms with Crippen molar-refractivity contribution in [2.75, 3.05) is 32.0 Å². The Balaban J connectivity index is 1.48. The highest BCUT2D eigenvalue weighted by molar-refractivity contribution is 7.10. The molecule has 0 radical (unpaired) electrons. The molecule has 1 aliphatic heterocycles. The Kier molecular flexibility index (Phi) is 6.61. The van der Waals surface area contributed by atoms with Gasteiger partial charge in [-0.25, -0.2) is 4.39 Å². The van der Waals surface area contributed by atoms with Gasteiger partial charge in [-0.3, -0.25) is 9.59 Å². The Morgan fingerprint density at radius 3 is 2.68 bits per heavy atom. The van der Waals surface area contributed by atoms with Crippen LogP contribution in [0.15, 0.2) is 24.3 Å². The molecule has 1 aliphatic rings. The van der Waals surface area contributed by atoms with Crippen molar-refractivity contribution in [2.24, 2.45) is 5.92 Å². The summed E-state index contributed by atoms with van der Waals surface area (Å²) in [6.07, 6.45) is 1.72. The van der Waals surface area contributed by atoms with Crippen LogP contribution in [0.3, 0.4) is 0 Å². The molecule has 1 saturated heterocycles. The predicted octanol–water partition coefficient (Wildman–Crippen LogP) is 2.84. The van der Waals surface area contributed by atoms with Crippen molar-refractivity contribution in [3.05, 3.63) is 46.9 Å². The van der Waals surface area contributed by atoms with Gasteiger partial charge in [0.25, 0.3) is 5.91 Å². The standard InChI is InChI=1S/C20H25FN4O2S/c1-13-17(19(22-2)28-24-13)20(27)25-11-8-15(9-12-25)18(26)23-10-7-14-5-3-4-6-16(14)21/h3-6,15,22H,7-12H2,1-2H3,(H,23,26). The summed E-state index contributed by atoms with van der Waals surface area (Å²) in [5.74, 6) is -0.417. The van der Waals surface area contributed by atoms with Crippen LogP contribution in [-0.2, 0) is 11.2 Å². The van der Waals surface area contributed by atoms with Crippen molar-refractivity contribution in [3.63, 3.8) is 0 Å². The number of carbonyl (C=O) groups is 2. The number of aromatic nitrogens is 1. The number of aryl methyl sites for hydroxylation is 1. The van der Waals surface area contributed by atoms with E-state index in [9.17, 15) is 14.0 Å². The van der Waals surface area contributed by atoms with Gasteiger partial charge < -0.3 is 15.5 Å². The van der Waals surface area contributed by atoms with E-state index in [1.54, 1.807) is 30.1 Å². The normalized spacial score (nSPS) is 14.8. The third-order valence-corrected chi connectivity index (χ3v) is 6.06. The monoisotopic (exact) mass is 404 g/mol. The lowest BCUT2D eigenvalue weighted by Gasteiger charge is -2.31. The molecule has 0 aliphatic carbocycles. The zero-order chi connectivity index (χ0) is 20.1. The lowest BCUT2D eigenvalue weighted by Crippen LogP contribution is -2.43. The largest absolute Gasteiger partial charge is 0.378 e. The molecule has 0 saturated carbocycles. The number of anilines is 1. The molecule has 2 aromatic rings. The minimum absolute atomic E-state index is 0.0206. The second kappa shape index (κ2) is 9.14. The van der Waals surface area contributed by atoms with Gasteiger partial charge in [0.1, 0.15) is 10.8 Å². The molecule has 1 aromatic heterocycles. The summed E-state index contributed by atoms with van der Waals surface area (Å²) in [4.78, 5) is 27.0. The Labute approximate surface area is 168 Å². The first-order valence-corrected chi connectivity index (χ1v) is 10.2. The molecule has 6 nitrogen and oxygen atoms in total. The lowest BCUT2D eigenvalue weighted by atomic mass is 9.95. The van der Waals surface area contributed by atoms with Gasteiger partial charge in [-0.05, 0) is 49.3 Å². The van der Waals surface area contributed by atoms with Gasteiger partial charge in [0.2, 0.25) is 5.91 Å². The number of hydrogen-bond donors (Lipinski definition) is 2. The number of benzene rings is 1. The summed E-state index contributed by atoms with van der Waals surface area (Å²) in [5.41, 5.74) is 1.95. The third-order valence-electron chi connectivity index (χ3n) is 5.11. The molecule has 0 bridgehead atoms. The molecule has 1 fully saturated rings. The van der Waals surface area contributed by atoms with E-state index in [0.29, 0.717) is 50.0 Å². The SMILES string of the molecule is CNc1snc(C)c1C(=O)N1CCC(C(=O)NCCc2ccccc2F)CC1. The van der Waals surface area contributed by atoms with Crippen LogP contribution in [0.1, 0.15) is 34.5 Å². The van der Waals surface area contributed by atoms with E-state index in [4.69, 9.17) is 0 Å². The van der Waals surface area contributed by atoms with Crippen molar-refractivity contribution in [1.82, 2.24) is 14.6 Å². The van der Waals surface area contributed by atoms with Crippen molar-refractivity contribution in [1.29, 1.82) is 0 Å². The molecule has 0 spiro atoms. The zero-order valence-corrected chi connectivity index (χ0v) is 16.9. The van der Waals surface area contributed by atoms with Gasteiger partial charge in [-0.2, -0.15) is 4.37 Å². The average Bonchev–Trinajstić information content (AvgIpc) is 3.09. The van der Waals surface area contributed by atoms with E-state index in [0.717, 1.165) is 10.7 Å². The Hall–Kier alpha value is -2.48. The zero-order valence-electron chi connectivity index (χ0n) is 16.1. The number of nitrogens with one attached hydrogen (secondary N) is 2. The number of likely N-dealkylation sites (tertiary alicyclic amines) is 1. The third kappa shape index (κ3) is 4.49. The molecule has 8 heteroatoms. The van der Waals surface area contributed by atoms with Crippen LogP contribution < -0.4 is 10.6 Å². The minimum Gasteiger partial charge on any atom is -0.378 e. The predicted molar refractivity (Wildman–Crippen MR) is 108 cm³/mol. The number of rotatable bonds is 6. The number of piperidine rings is 1. The summed E-state index contributed by atoms with van der Waals surface area (Å²) >= 11 is 1.28. The van der Waals surface area contributed by atoms with Crippen LogP contribution in [0.2, 0.25) is 0 Å². The first-order chi connectivity index (χ1) is 13.5. The van der Waals surface area contributed by atoms with Gasteiger partial charge in [-0.1, -0.05) is 18.2 Å². The van der Waals surface area contributed by atoms with E-state index < -0.39 is 0 Å². The van der Waals surface area contributed by atoms with Crippen molar-refractivity contribution in [2.45, 2.75) is 26.2 Å². The van der Waals surface area contributed by atoms with E-state index in [-0.39, 0.29) is 23.5 Å². The highest BCUT2D eigenvalue weighted by atomic mass is 32.1. The Morgan fingerprint density at radius 2 is 2.00 bits per heavy atom. The molecule has 0 atom stereocenters. The molecule has 2 heterocycles. The maximum absolute atomic E-state index is 13.6. The van der Waals surface area contributed by atoms with Crippen LogP contribution in [0, 0.1) is 18.7 Å². The lowest BCUT2D eigenvalue weighted by molar-refractivity contribution is -0.126. The molecule has 28 heavy (non-hydrogen) atoms. The molecule has 2 amide bonds. The maximum atomic E-state index is 13.6. The topological polar surface area (TPSA) is 74.3 Å².